The highest BCUT2D eigenvalue weighted by Crippen LogP contribution is 2.23. The van der Waals surface area contributed by atoms with Crippen LogP contribution in [0, 0.1) is 0 Å². The van der Waals surface area contributed by atoms with Gasteiger partial charge in [-0.25, -0.2) is 4.79 Å². The average Bonchev–Trinajstić information content (AvgIpc) is 2.97. The van der Waals surface area contributed by atoms with Crippen LogP contribution < -0.4 is 0 Å². The fourth-order valence-corrected chi connectivity index (χ4v) is 2.43. The van der Waals surface area contributed by atoms with Gasteiger partial charge in [-0.15, -0.1) is 5.10 Å². The first kappa shape index (κ1) is 13.4. The summed E-state index contributed by atoms with van der Waals surface area (Å²) in [6, 6.07) is 14.3. The van der Waals surface area contributed by atoms with Crippen LogP contribution in [0.4, 0.5) is 0 Å². The normalized spacial score (nSPS) is 10.5. The first-order valence-electron chi connectivity index (χ1n) is 6.03. The SMILES string of the molecule is O=C(O)c1cc(Br)cc(-n2nnnc2-c2ccccc2)c1. The van der Waals surface area contributed by atoms with E-state index in [0.29, 0.717) is 16.0 Å². The molecule has 0 aliphatic rings. The molecule has 0 amide bonds. The molecule has 6 nitrogen and oxygen atoms in total. The van der Waals surface area contributed by atoms with Gasteiger partial charge in [-0.05, 0) is 28.6 Å². The number of nitrogens with zero attached hydrogens (tertiary/aromatic N) is 4. The molecular weight excluding hydrogens is 336 g/mol. The third kappa shape index (κ3) is 2.68. The van der Waals surface area contributed by atoms with Crippen LogP contribution in [0.2, 0.25) is 0 Å². The van der Waals surface area contributed by atoms with Crippen LogP contribution in [-0.4, -0.2) is 31.3 Å². The maximum atomic E-state index is 11.1. The molecule has 0 aliphatic carbocycles. The van der Waals surface area contributed by atoms with Crippen LogP contribution in [0.25, 0.3) is 17.1 Å². The first-order valence-corrected chi connectivity index (χ1v) is 6.82. The molecule has 1 heterocycles. The third-order valence-electron chi connectivity index (χ3n) is 2.88. The van der Waals surface area contributed by atoms with Crippen molar-refractivity contribution < 1.29 is 9.90 Å². The smallest absolute Gasteiger partial charge is 0.335 e. The summed E-state index contributed by atoms with van der Waals surface area (Å²) in [5.74, 6) is -0.461. The highest BCUT2D eigenvalue weighted by atomic mass is 79.9. The lowest BCUT2D eigenvalue weighted by molar-refractivity contribution is 0.0696. The number of carbonyl (C=O) groups is 1. The zero-order valence-electron chi connectivity index (χ0n) is 10.6. The molecule has 1 N–H and O–H groups in total. The molecule has 104 valence electrons. The number of aromatic nitrogens is 4. The Morgan fingerprint density at radius 3 is 2.62 bits per heavy atom. The molecular formula is C14H9BrN4O2. The fraction of sp³-hybridized carbons (Fsp3) is 0. The number of halogens is 1. The van der Waals surface area contributed by atoms with Crippen LogP contribution in [0.1, 0.15) is 10.4 Å². The number of hydrogen-bond donors (Lipinski definition) is 1. The van der Waals surface area contributed by atoms with E-state index in [1.807, 2.05) is 30.3 Å². The minimum absolute atomic E-state index is 0.161. The van der Waals surface area contributed by atoms with E-state index in [1.165, 1.54) is 16.8 Å². The Kier molecular flexibility index (Phi) is 3.49. The minimum atomic E-state index is -1.01. The molecule has 0 saturated carbocycles. The van der Waals surface area contributed by atoms with Crippen molar-refractivity contribution in [1.82, 2.24) is 20.2 Å². The highest BCUT2D eigenvalue weighted by molar-refractivity contribution is 9.10. The maximum absolute atomic E-state index is 11.1. The monoisotopic (exact) mass is 344 g/mol. The number of carboxylic acids is 1. The van der Waals surface area contributed by atoms with E-state index in [4.69, 9.17) is 5.11 Å². The van der Waals surface area contributed by atoms with E-state index in [0.717, 1.165) is 5.56 Å². The van der Waals surface area contributed by atoms with Gasteiger partial charge in [-0.3, -0.25) is 0 Å². The Balaban J connectivity index is 2.15. The summed E-state index contributed by atoms with van der Waals surface area (Å²) in [5.41, 5.74) is 1.58. The number of aromatic carboxylic acids is 1. The molecule has 0 spiro atoms. The summed E-state index contributed by atoms with van der Waals surface area (Å²) in [6.07, 6.45) is 0. The van der Waals surface area contributed by atoms with E-state index >= 15 is 0 Å². The van der Waals surface area contributed by atoms with Crippen LogP contribution in [0.5, 0.6) is 0 Å². The lowest BCUT2D eigenvalue weighted by Crippen LogP contribution is -2.03. The Bertz CT molecular complexity index is 802. The number of tetrazole rings is 1. The van der Waals surface area contributed by atoms with Gasteiger partial charge in [0.15, 0.2) is 5.82 Å². The van der Waals surface area contributed by atoms with Crippen LogP contribution >= 0.6 is 15.9 Å². The van der Waals surface area contributed by atoms with Gasteiger partial charge < -0.3 is 5.11 Å². The molecule has 0 unspecified atom stereocenters. The van der Waals surface area contributed by atoms with Crippen LogP contribution in [0.15, 0.2) is 53.0 Å². The van der Waals surface area contributed by atoms with Crippen molar-refractivity contribution in [2.45, 2.75) is 0 Å². The van der Waals surface area contributed by atoms with Crippen molar-refractivity contribution in [2.75, 3.05) is 0 Å². The maximum Gasteiger partial charge on any atom is 0.335 e. The van der Waals surface area contributed by atoms with E-state index in [1.54, 1.807) is 6.07 Å². The van der Waals surface area contributed by atoms with Crippen molar-refractivity contribution in [3.05, 3.63) is 58.6 Å². The predicted octanol–water partition coefficient (Wildman–Crippen LogP) is 2.79. The molecule has 21 heavy (non-hydrogen) atoms. The average molecular weight is 345 g/mol. The van der Waals surface area contributed by atoms with Crippen LogP contribution in [-0.2, 0) is 0 Å². The number of benzene rings is 2. The summed E-state index contributed by atoms with van der Waals surface area (Å²) in [4.78, 5) is 11.1. The van der Waals surface area contributed by atoms with Crippen molar-refractivity contribution in [2.24, 2.45) is 0 Å². The molecule has 7 heteroatoms. The molecule has 0 atom stereocenters. The van der Waals surface area contributed by atoms with Crippen molar-refractivity contribution >= 4 is 21.9 Å². The van der Waals surface area contributed by atoms with E-state index in [-0.39, 0.29) is 5.56 Å². The fourth-order valence-electron chi connectivity index (χ4n) is 1.95. The molecule has 2 aromatic carbocycles. The molecule has 3 rings (SSSR count). The Hall–Kier alpha value is -2.54. The molecule has 0 saturated heterocycles. The molecule has 1 aromatic heterocycles. The van der Waals surface area contributed by atoms with Crippen molar-refractivity contribution in [3.63, 3.8) is 0 Å². The number of rotatable bonds is 3. The second kappa shape index (κ2) is 5.45. The minimum Gasteiger partial charge on any atom is -0.478 e. The summed E-state index contributed by atoms with van der Waals surface area (Å²) in [6.45, 7) is 0. The van der Waals surface area contributed by atoms with Crippen molar-refractivity contribution in [1.29, 1.82) is 0 Å². The molecule has 0 aliphatic heterocycles. The standard InChI is InChI=1S/C14H9BrN4O2/c15-11-6-10(14(20)21)7-12(8-11)19-13(16-17-18-19)9-4-2-1-3-5-9/h1-8H,(H,20,21). The van der Waals surface area contributed by atoms with Crippen LogP contribution in [0.3, 0.4) is 0 Å². The van der Waals surface area contributed by atoms with Gasteiger partial charge in [0, 0.05) is 10.0 Å². The van der Waals surface area contributed by atoms with Gasteiger partial charge in [0.1, 0.15) is 0 Å². The third-order valence-corrected chi connectivity index (χ3v) is 3.33. The van der Waals surface area contributed by atoms with Crippen molar-refractivity contribution in [3.8, 4) is 17.1 Å². The summed E-state index contributed by atoms with van der Waals surface area (Å²) < 4.78 is 2.15. The lowest BCUT2D eigenvalue weighted by atomic mass is 10.2. The zero-order valence-corrected chi connectivity index (χ0v) is 12.2. The van der Waals surface area contributed by atoms with Gasteiger partial charge in [-0.1, -0.05) is 46.3 Å². The van der Waals surface area contributed by atoms with E-state index in [2.05, 4.69) is 31.5 Å². The molecule has 0 radical (unpaired) electrons. The molecule has 3 aromatic rings. The van der Waals surface area contributed by atoms with E-state index < -0.39 is 5.97 Å². The van der Waals surface area contributed by atoms with Gasteiger partial charge >= 0.3 is 5.97 Å². The van der Waals surface area contributed by atoms with Gasteiger partial charge in [0.25, 0.3) is 0 Å². The predicted molar refractivity (Wildman–Crippen MR) is 79.2 cm³/mol. The highest BCUT2D eigenvalue weighted by Gasteiger charge is 2.13. The summed E-state index contributed by atoms with van der Waals surface area (Å²) in [5, 5.41) is 20.8. The quantitative estimate of drug-likeness (QED) is 0.789. The second-order valence-corrected chi connectivity index (χ2v) is 5.20. The zero-order chi connectivity index (χ0) is 14.8. The van der Waals surface area contributed by atoms with Gasteiger partial charge in [-0.2, -0.15) is 4.68 Å². The summed E-state index contributed by atoms with van der Waals surface area (Å²) >= 11 is 3.30. The Morgan fingerprint density at radius 1 is 1.14 bits per heavy atom. The molecule has 0 fully saturated rings. The Morgan fingerprint density at radius 2 is 1.90 bits per heavy atom. The topological polar surface area (TPSA) is 80.9 Å². The largest absolute Gasteiger partial charge is 0.478 e. The van der Waals surface area contributed by atoms with Gasteiger partial charge in [0.05, 0.1) is 11.3 Å². The first-order chi connectivity index (χ1) is 10.1. The summed E-state index contributed by atoms with van der Waals surface area (Å²) in [7, 11) is 0. The molecule has 0 bridgehead atoms. The number of carboxylic acid groups (broad SMARTS) is 1. The van der Waals surface area contributed by atoms with E-state index in [9.17, 15) is 4.79 Å². The second-order valence-electron chi connectivity index (χ2n) is 4.28. The number of hydrogen-bond acceptors (Lipinski definition) is 4. The Labute approximate surface area is 128 Å². The lowest BCUT2D eigenvalue weighted by Gasteiger charge is -2.06. The van der Waals surface area contributed by atoms with Gasteiger partial charge in [0.2, 0.25) is 0 Å².